The number of rotatable bonds is 7. The third-order valence-electron chi connectivity index (χ3n) is 2.85. The Bertz CT molecular complexity index is 616. The van der Waals surface area contributed by atoms with Crippen molar-refractivity contribution in [3.05, 3.63) is 64.7 Å². The fourth-order valence-electron chi connectivity index (χ4n) is 1.84. The molecule has 0 aromatic heterocycles. The molecule has 2 N–H and O–H groups in total. The maximum atomic E-state index is 10.8. The molecule has 0 amide bonds. The van der Waals surface area contributed by atoms with Gasteiger partial charge in [-0.2, -0.15) is 0 Å². The van der Waals surface area contributed by atoms with E-state index in [1.165, 1.54) is 12.1 Å². The number of nitrogens with one attached hydrogen (secondary N) is 1. The van der Waals surface area contributed by atoms with Gasteiger partial charge in [0.25, 0.3) is 0 Å². The third kappa shape index (κ3) is 5.10. The molecule has 0 atom stereocenters. The molecule has 0 aliphatic heterocycles. The standard InChI is InChI=1S/C16H16ClNO3/c17-14-5-1-3-12(9-14)11-18-7-8-21-15-6-2-4-13(10-15)16(19)20/h1-6,9-10,18H,7-8,11H2,(H,19,20). The molecule has 0 radical (unpaired) electrons. The summed E-state index contributed by atoms with van der Waals surface area (Å²) >= 11 is 5.90. The molecule has 0 fully saturated rings. The molecule has 110 valence electrons. The molecule has 0 aliphatic rings. The van der Waals surface area contributed by atoms with Crippen LogP contribution in [0.15, 0.2) is 48.5 Å². The van der Waals surface area contributed by atoms with Crippen LogP contribution >= 0.6 is 11.6 Å². The van der Waals surface area contributed by atoms with Gasteiger partial charge in [-0.05, 0) is 35.9 Å². The quantitative estimate of drug-likeness (QED) is 0.771. The predicted molar refractivity (Wildman–Crippen MR) is 82.1 cm³/mol. The maximum Gasteiger partial charge on any atom is 0.335 e. The number of carbonyl (C=O) groups is 1. The minimum Gasteiger partial charge on any atom is -0.492 e. The van der Waals surface area contributed by atoms with E-state index in [1.807, 2.05) is 24.3 Å². The van der Waals surface area contributed by atoms with E-state index < -0.39 is 5.97 Å². The molecule has 0 aliphatic carbocycles. The minimum atomic E-state index is -0.959. The molecule has 0 saturated carbocycles. The first-order chi connectivity index (χ1) is 10.1. The van der Waals surface area contributed by atoms with E-state index in [4.69, 9.17) is 21.4 Å². The van der Waals surface area contributed by atoms with E-state index in [9.17, 15) is 4.79 Å². The molecule has 0 spiro atoms. The predicted octanol–water partition coefficient (Wildman–Crippen LogP) is 3.21. The fraction of sp³-hybridized carbons (Fsp3) is 0.188. The number of halogens is 1. The van der Waals surface area contributed by atoms with Crippen molar-refractivity contribution in [1.29, 1.82) is 0 Å². The van der Waals surface area contributed by atoms with Crippen LogP contribution in [0, 0.1) is 0 Å². The summed E-state index contributed by atoms with van der Waals surface area (Å²) in [6, 6.07) is 14.1. The fourth-order valence-corrected chi connectivity index (χ4v) is 2.05. The van der Waals surface area contributed by atoms with Gasteiger partial charge in [0.1, 0.15) is 12.4 Å². The lowest BCUT2D eigenvalue weighted by Crippen LogP contribution is -2.20. The highest BCUT2D eigenvalue weighted by molar-refractivity contribution is 6.30. The van der Waals surface area contributed by atoms with Crippen LogP contribution in [0.5, 0.6) is 5.75 Å². The Kier molecular flexibility index (Phi) is 5.60. The van der Waals surface area contributed by atoms with Crippen molar-refractivity contribution in [2.24, 2.45) is 0 Å². The zero-order chi connectivity index (χ0) is 15.1. The van der Waals surface area contributed by atoms with Gasteiger partial charge < -0.3 is 15.2 Å². The second-order valence-corrected chi connectivity index (χ2v) is 4.92. The van der Waals surface area contributed by atoms with Crippen LogP contribution < -0.4 is 10.1 Å². The van der Waals surface area contributed by atoms with Crippen molar-refractivity contribution >= 4 is 17.6 Å². The molecule has 2 aromatic rings. The van der Waals surface area contributed by atoms with Gasteiger partial charge in [0.15, 0.2) is 0 Å². The molecule has 5 heteroatoms. The highest BCUT2D eigenvalue weighted by atomic mass is 35.5. The van der Waals surface area contributed by atoms with Gasteiger partial charge in [-0.3, -0.25) is 0 Å². The van der Waals surface area contributed by atoms with Gasteiger partial charge in [0.2, 0.25) is 0 Å². The van der Waals surface area contributed by atoms with E-state index >= 15 is 0 Å². The van der Waals surface area contributed by atoms with Gasteiger partial charge in [-0.15, -0.1) is 0 Å². The monoisotopic (exact) mass is 305 g/mol. The largest absolute Gasteiger partial charge is 0.492 e. The Balaban J connectivity index is 1.72. The normalized spacial score (nSPS) is 10.3. The van der Waals surface area contributed by atoms with Crippen LogP contribution in [0.3, 0.4) is 0 Å². The molecule has 0 heterocycles. The molecular weight excluding hydrogens is 290 g/mol. The SMILES string of the molecule is O=C(O)c1cccc(OCCNCc2cccc(Cl)c2)c1. The maximum absolute atomic E-state index is 10.8. The Hall–Kier alpha value is -2.04. The second kappa shape index (κ2) is 7.67. The average Bonchev–Trinajstić information content (AvgIpc) is 2.47. The minimum absolute atomic E-state index is 0.222. The summed E-state index contributed by atoms with van der Waals surface area (Å²) in [5, 5.41) is 12.8. The third-order valence-corrected chi connectivity index (χ3v) is 3.08. The zero-order valence-electron chi connectivity index (χ0n) is 11.4. The van der Waals surface area contributed by atoms with Crippen LogP contribution in [0.1, 0.15) is 15.9 Å². The number of aromatic carboxylic acids is 1. The van der Waals surface area contributed by atoms with Gasteiger partial charge in [-0.25, -0.2) is 4.79 Å². The van der Waals surface area contributed by atoms with Gasteiger partial charge in [0, 0.05) is 18.1 Å². The number of ether oxygens (including phenoxy) is 1. The van der Waals surface area contributed by atoms with Crippen molar-refractivity contribution in [2.75, 3.05) is 13.2 Å². The number of hydrogen-bond donors (Lipinski definition) is 2. The highest BCUT2D eigenvalue weighted by Gasteiger charge is 2.03. The van der Waals surface area contributed by atoms with E-state index in [0.717, 1.165) is 10.6 Å². The van der Waals surface area contributed by atoms with Crippen molar-refractivity contribution < 1.29 is 14.6 Å². The summed E-state index contributed by atoms with van der Waals surface area (Å²) in [5.41, 5.74) is 1.33. The van der Waals surface area contributed by atoms with E-state index in [-0.39, 0.29) is 5.56 Å². The van der Waals surface area contributed by atoms with Gasteiger partial charge in [-0.1, -0.05) is 29.8 Å². The Morgan fingerprint density at radius 3 is 2.76 bits per heavy atom. The highest BCUT2D eigenvalue weighted by Crippen LogP contribution is 2.13. The first-order valence-corrected chi connectivity index (χ1v) is 6.94. The number of benzene rings is 2. The van der Waals surface area contributed by atoms with Crippen LogP contribution in [-0.2, 0) is 6.54 Å². The van der Waals surface area contributed by atoms with Crippen molar-refractivity contribution in [3.63, 3.8) is 0 Å². The molecule has 0 saturated heterocycles. The number of carboxylic acids is 1. The summed E-state index contributed by atoms with van der Waals surface area (Å²) < 4.78 is 5.51. The lowest BCUT2D eigenvalue weighted by Gasteiger charge is -2.08. The molecule has 2 aromatic carbocycles. The summed E-state index contributed by atoms with van der Waals surface area (Å²) in [7, 11) is 0. The number of hydrogen-bond acceptors (Lipinski definition) is 3. The Labute approximate surface area is 128 Å². The first kappa shape index (κ1) is 15.4. The smallest absolute Gasteiger partial charge is 0.335 e. The zero-order valence-corrected chi connectivity index (χ0v) is 12.1. The van der Waals surface area contributed by atoms with Crippen molar-refractivity contribution in [3.8, 4) is 5.75 Å². The average molecular weight is 306 g/mol. The van der Waals surface area contributed by atoms with Crippen LogP contribution in [0.25, 0.3) is 0 Å². The lowest BCUT2D eigenvalue weighted by atomic mass is 10.2. The van der Waals surface area contributed by atoms with Crippen molar-refractivity contribution in [1.82, 2.24) is 5.32 Å². The van der Waals surface area contributed by atoms with E-state index in [1.54, 1.807) is 12.1 Å². The molecule has 2 rings (SSSR count). The van der Waals surface area contributed by atoms with Gasteiger partial charge >= 0.3 is 5.97 Å². The van der Waals surface area contributed by atoms with Crippen molar-refractivity contribution in [2.45, 2.75) is 6.54 Å². The Morgan fingerprint density at radius 2 is 2.00 bits per heavy atom. The van der Waals surface area contributed by atoms with Gasteiger partial charge in [0.05, 0.1) is 5.56 Å². The van der Waals surface area contributed by atoms with E-state index in [0.29, 0.717) is 25.4 Å². The molecule has 4 nitrogen and oxygen atoms in total. The molecule has 0 bridgehead atoms. The lowest BCUT2D eigenvalue weighted by molar-refractivity contribution is 0.0696. The van der Waals surface area contributed by atoms with E-state index in [2.05, 4.69) is 5.32 Å². The summed E-state index contributed by atoms with van der Waals surface area (Å²) in [6.07, 6.45) is 0. The Morgan fingerprint density at radius 1 is 1.19 bits per heavy atom. The first-order valence-electron chi connectivity index (χ1n) is 6.56. The second-order valence-electron chi connectivity index (χ2n) is 4.49. The summed E-state index contributed by atoms with van der Waals surface area (Å²) in [6.45, 7) is 1.83. The number of carboxylic acid groups (broad SMARTS) is 1. The summed E-state index contributed by atoms with van der Waals surface area (Å²) in [5.74, 6) is -0.404. The van der Waals surface area contributed by atoms with Crippen LogP contribution in [0.2, 0.25) is 5.02 Å². The molecular formula is C16H16ClNO3. The topological polar surface area (TPSA) is 58.6 Å². The van der Waals surface area contributed by atoms with Crippen LogP contribution in [-0.4, -0.2) is 24.2 Å². The molecule has 0 unspecified atom stereocenters. The van der Waals surface area contributed by atoms with Crippen LogP contribution in [0.4, 0.5) is 0 Å². The molecule has 21 heavy (non-hydrogen) atoms. The summed E-state index contributed by atoms with van der Waals surface area (Å²) in [4.78, 5) is 10.8.